The van der Waals surface area contributed by atoms with E-state index in [2.05, 4.69) is 26.0 Å². The number of aliphatic carboxylic acids is 1. The number of carbonyl (C=O) groups is 1. The maximum absolute atomic E-state index is 12.2. The van der Waals surface area contributed by atoms with Gasteiger partial charge in [0.1, 0.15) is 6.54 Å². The summed E-state index contributed by atoms with van der Waals surface area (Å²) in [4.78, 5) is 15.2. The van der Waals surface area contributed by atoms with E-state index in [-0.39, 0.29) is 6.54 Å². The molecule has 3 rings (SSSR count). The van der Waals surface area contributed by atoms with Crippen molar-refractivity contribution in [1.29, 1.82) is 0 Å². The molecule has 0 fully saturated rings. The molecule has 0 aliphatic heterocycles. The van der Waals surface area contributed by atoms with Crippen LogP contribution in [0.1, 0.15) is 37.1 Å². The van der Waals surface area contributed by atoms with Crippen molar-refractivity contribution >= 4 is 38.9 Å². The lowest BCUT2D eigenvalue weighted by Gasteiger charge is -2.32. The Balaban J connectivity index is 1.98. The number of aromatic nitrogens is 3. The van der Waals surface area contributed by atoms with E-state index >= 15 is 0 Å². The third-order valence-corrected chi connectivity index (χ3v) is 5.67. The topological polar surface area (TPSA) is 118 Å². The molecular weight excluding hydrogens is 440 g/mol. The highest BCUT2D eigenvalue weighted by molar-refractivity contribution is 9.10. The van der Waals surface area contributed by atoms with Gasteiger partial charge in [-0.3, -0.25) is 18.3 Å². The second-order valence-electron chi connectivity index (χ2n) is 5.98. The van der Waals surface area contributed by atoms with E-state index in [1.807, 2.05) is 6.92 Å². The van der Waals surface area contributed by atoms with Crippen molar-refractivity contribution in [2.45, 2.75) is 38.8 Å². The zero-order valence-electron chi connectivity index (χ0n) is 14.5. The lowest BCUT2D eigenvalue weighted by atomic mass is 9.92. The molecule has 2 unspecified atom stereocenters. The number of pyridine rings is 1. The van der Waals surface area contributed by atoms with Gasteiger partial charge in [0.25, 0.3) is 11.3 Å². The molecule has 146 valence electrons. The molecule has 11 heteroatoms. The summed E-state index contributed by atoms with van der Waals surface area (Å²) < 4.78 is 30.9. The molecule has 0 radical (unpaired) electrons. The normalized spacial score (nSPS) is 17.2. The first kappa shape index (κ1) is 19.8. The quantitative estimate of drug-likeness (QED) is 0.611. The molecule has 1 aliphatic rings. The van der Waals surface area contributed by atoms with Crippen LogP contribution in [0.4, 0.5) is 5.69 Å². The smallest absolute Gasteiger partial charge is 0.325 e. The van der Waals surface area contributed by atoms with Crippen LogP contribution >= 0.6 is 15.9 Å². The molecule has 0 aromatic carbocycles. The van der Waals surface area contributed by atoms with E-state index in [0.29, 0.717) is 35.5 Å². The van der Waals surface area contributed by atoms with Gasteiger partial charge in [0.05, 0.1) is 35.2 Å². The third-order valence-electron chi connectivity index (χ3n) is 4.30. The predicted molar refractivity (Wildman–Crippen MR) is 102 cm³/mol. The summed E-state index contributed by atoms with van der Waals surface area (Å²) in [6.45, 7) is 2.06. The Morgan fingerprint density at radius 1 is 1.52 bits per heavy atom. The first-order chi connectivity index (χ1) is 12.9. The molecule has 2 N–H and O–H groups in total. The van der Waals surface area contributed by atoms with Crippen molar-refractivity contribution in [3.05, 3.63) is 34.2 Å². The number of rotatable bonds is 7. The van der Waals surface area contributed by atoms with Crippen LogP contribution < -0.4 is 9.04 Å². The largest absolute Gasteiger partial charge is 0.480 e. The van der Waals surface area contributed by atoms with Crippen LogP contribution in [0.15, 0.2) is 22.9 Å². The van der Waals surface area contributed by atoms with Crippen LogP contribution in [0.2, 0.25) is 0 Å². The van der Waals surface area contributed by atoms with Crippen molar-refractivity contribution in [1.82, 2.24) is 14.8 Å². The minimum absolute atomic E-state index is 0.236. The highest BCUT2D eigenvalue weighted by atomic mass is 79.9. The van der Waals surface area contributed by atoms with E-state index in [1.165, 1.54) is 15.2 Å². The summed E-state index contributed by atoms with van der Waals surface area (Å²) in [6.07, 6.45) is 5.14. The van der Waals surface area contributed by atoms with Gasteiger partial charge in [-0.25, -0.2) is 9.19 Å². The minimum atomic E-state index is -2.30. The standard InChI is InChI=1S/C16H19BrN4O5S/c1-2-26-16-12(17)6-10(7-18-16)21(27(24)25)14-5-3-4-13-11(14)8-19-20(13)9-15(22)23/h6-8,14H,2-5,9H2,1H3,(H,22,23)(H,24,25). The van der Waals surface area contributed by atoms with E-state index in [4.69, 9.17) is 9.84 Å². The average molecular weight is 459 g/mol. The lowest BCUT2D eigenvalue weighted by molar-refractivity contribution is -0.137. The molecule has 2 aromatic rings. The van der Waals surface area contributed by atoms with Gasteiger partial charge in [0.2, 0.25) is 5.88 Å². The van der Waals surface area contributed by atoms with Gasteiger partial charge in [-0.1, -0.05) is 0 Å². The van der Waals surface area contributed by atoms with E-state index in [0.717, 1.165) is 17.7 Å². The fourth-order valence-corrected chi connectivity index (χ4v) is 4.43. The summed E-state index contributed by atoms with van der Waals surface area (Å²) in [5.74, 6) is -0.575. The van der Waals surface area contributed by atoms with Crippen molar-refractivity contribution in [3.63, 3.8) is 0 Å². The van der Waals surface area contributed by atoms with Gasteiger partial charge in [-0.2, -0.15) is 5.10 Å². The van der Waals surface area contributed by atoms with Crippen LogP contribution in [0.3, 0.4) is 0 Å². The molecule has 2 heterocycles. The summed E-state index contributed by atoms with van der Waals surface area (Å²) >= 11 is 1.08. The molecular formula is C16H19BrN4O5S. The molecule has 27 heavy (non-hydrogen) atoms. The zero-order chi connectivity index (χ0) is 19.6. The highest BCUT2D eigenvalue weighted by Gasteiger charge is 2.33. The maximum atomic E-state index is 12.2. The van der Waals surface area contributed by atoms with Crippen LogP contribution in [-0.2, 0) is 29.0 Å². The SMILES string of the molecule is CCOc1ncc(N(C2CCCc3c2cnn3CC(=O)O)S(=O)O)cc1Br. The summed E-state index contributed by atoms with van der Waals surface area (Å²) in [5.41, 5.74) is 1.99. The van der Waals surface area contributed by atoms with Crippen molar-refractivity contribution in [2.24, 2.45) is 0 Å². The Morgan fingerprint density at radius 3 is 2.93 bits per heavy atom. The number of hydrogen-bond acceptors (Lipinski definition) is 5. The van der Waals surface area contributed by atoms with E-state index in [9.17, 15) is 13.6 Å². The number of anilines is 1. The Kier molecular flexibility index (Phi) is 6.12. The van der Waals surface area contributed by atoms with Gasteiger partial charge in [0, 0.05) is 11.3 Å². The number of nitrogens with zero attached hydrogens (tertiary/aromatic N) is 4. The van der Waals surface area contributed by atoms with Gasteiger partial charge in [-0.05, 0) is 48.2 Å². The second kappa shape index (κ2) is 8.36. The number of carboxylic acids is 1. The van der Waals surface area contributed by atoms with Gasteiger partial charge >= 0.3 is 5.97 Å². The molecule has 9 nitrogen and oxygen atoms in total. The fraction of sp³-hybridized carbons (Fsp3) is 0.438. The Hall–Kier alpha value is -1.98. The number of fused-ring (bicyclic) bond motifs is 1. The number of ether oxygens (including phenoxy) is 1. The van der Waals surface area contributed by atoms with E-state index in [1.54, 1.807) is 12.3 Å². The first-order valence-corrected chi connectivity index (χ1v) is 10.2. The molecule has 0 amide bonds. The monoisotopic (exact) mass is 458 g/mol. The Bertz CT molecular complexity index is 874. The molecule has 0 bridgehead atoms. The highest BCUT2D eigenvalue weighted by Crippen LogP contribution is 2.39. The fourth-order valence-electron chi connectivity index (χ4n) is 3.26. The van der Waals surface area contributed by atoms with Gasteiger partial charge < -0.3 is 9.84 Å². The van der Waals surface area contributed by atoms with Crippen LogP contribution in [-0.4, -0.2) is 41.2 Å². The van der Waals surface area contributed by atoms with E-state index < -0.39 is 23.3 Å². The minimum Gasteiger partial charge on any atom is -0.480 e. The number of halogens is 1. The number of hydrogen-bond donors (Lipinski definition) is 2. The molecule has 0 saturated heterocycles. The molecule has 2 atom stereocenters. The summed E-state index contributed by atoms with van der Waals surface area (Å²) in [5, 5.41) is 13.2. The number of carboxylic acid groups (broad SMARTS) is 1. The predicted octanol–water partition coefficient (Wildman–Crippen LogP) is 2.54. The molecule has 0 spiro atoms. The lowest BCUT2D eigenvalue weighted by Crippen LogP contribution is -2.33. The summed E-state index contributed by atoms with van der Waals surface area (Å²) in [6, 6.07) is 1.27. The molecule has 2 aromatic heterocycles. The van der Waals surface area contributed by atoms with Crippen LogP contribution in [0.5, 0.6) is 5.88 Å². The Labute approximate surface area is 166 Å². The van der Waals surface area contributed by atoms with Crippen LogP contribution in [0, 0.1) is 0 Å². The molecule has 1 aliphatic carbocycles. The Morgan fingerprint density at radius 2 is 2.30 bits per heavy atom. The summed E-state index contributed by atoms with van der Waals surface area (Å²) in [7, 11) is 0. The first-order valence-electron chi connectivity index (χ1n) is 8.37. The average Bonchev–Trinajstić information content (AvgIpc) is 3.00. The van der Waals surface area contributed by atoms with Gasteiger partial charge in [0.15, 0.2) is 0 Å². The maximum Gasteiger partial charge on any atom is 0.325 e. The van der Waals surface area contributed by atoms with Crippen molar-refractivity contribution in [3.8, 4) is 5.88 Å². The van der Waals surface area contributed by atoms with Gasteiger partial charge in [-0.15, -0.1) is 0 Å². The van der Waals surface area contributed by atoms with Crippen molar-refractivity contribution in [2.75, 3.05) is 10.9 Å². The second-order valence-corrected chi connectivity index (χ2v) is 7.69. The van der Waals surface area contributed by atoms with Crippen molar-refractivity contribution < 1.29 is 23.4 Å². The zero-order valence-corrected chi connectivity index (χ0v) is 16.9. The van der Waals surface area contributed by atoms with Crippen LogP contribution in [0.25, 0.3) is 0 Å². The third kappa shape index (κ3) is 4.14. The molecule has 0 saturated carbocycles.